The summed E-state index contributed by atoms with van der Waals surface area (Å²) in [6.45, 7) is 1.61. The molecule has 2 N–H and O–H groups in total. The van der Waals surface area contributed by atoms with E-state index in [0.29, 0.717) is 5.57 Å². The minimum Gasteiger partial charge on any atom is -0.478 e. The predicted molar refractivity (Wildman–Crippen MR) is 85.0 cm³/mol. The molecule has 0 bridgehead atoms. The number of carboxylic acids is 1. The van der Waals surface area contributed by atoms with E-state index in [-0.39, 0.29) is 0 Å². The highest BCUT2D eigenvalue weighted by molar-refractivity contribution is 6.01. The van der Waals surface area contributed by atoms with Crippen LogP contribution in [0.5, 0.6) is 0 Å². The van der Waals surface area contributed by atoms with E-state index in [4.69, 9.17) is 5.11 Å². The van der Waals surface area contributed by atoms with Crippen molar-refractivity contribution in [1.82, 2.24) is 4.98 Å². The molecule has 0 atom stereocenters. The van der Waals surface area contributed by atoms with Gasteiger partial charge in [-0.15, -0.1) is 0 Å². The molecule has 0 radical (unpaired) electrons. The first kappa shape index (κ1) is 13.2. The number of aliphatic carboxylic acids is 1. The molecule has 3 rings (SSSR count). The van der Waals surface area contributed by atoms with Crippen LogP contribution in [0.4, 0.5) is 0 Å². The Morgan fingerprint density at radius 2 is 1.71 bits per heavy atom. The van der Waals surface area contributed by atoms with Crippen LogP contribution in [0, 0.1) is 0 Å². The first-order valence-electron chi connectivity index (χ1n) is 6.74. The third kappa shape index (κ3) is 2.46. The Hall–Kier alpha value is -2.81. The molecule has 0 aliphatic rings. The molecule has 0 fully saturated rings. The van der Waals surface area contributed by atoms with Crippen LogP contribution >= 0.6 is 0 Å². The number of rotatable bonds is 3. The topological polar surface area (TPSA) is 53.1 Å². The molecule has 0 saturated heterocycles. The van der Waals surface area contributed by atoms with Gasteiger partial charge in [0.15, 0.2) is 0 Å². The van der Waals surface area contributed by atoms with Crippen LogP contribution in [-0.2, 0) is 4.79 Å². The lowest BCUT2D eigenvalue weighted by Crippen LogP contribution is -1.95. The fourth-order valence-corrected chi connectivity index (χ4v) is 2.42. The summed E-state index contributed by atoms with van der Waals surface area (Å²) >= 11 is 0. The SMILES string of the molecule is C/C(=C\c1c(-c2ccccc2)[nH]c2ccccc12)C(=O)O. The Labute approximate surface area is 122 Å². The number of H-pyrrole nitrogens is 1. The lowest BCUT2D eigenvalue weighted by molar-refractivity contribution is -0.132. The summed E-state index contributed by atoms with van der Waals surface area (Å²) < 4.78 is 0. The third-order valence-electron chi connectivity index (χ3n) is 3.51. The molecule has 0 amide bonds. The van der Waals surface area contributed by atoms with Crippen molar-refractivity contribution >= 4 is 22.9 Å². The maximum atomic E-state index is 11.1. The van der Waals surface area contributed by atoms with E-state index in [9.17, 15) is 4.79 Å². The van der Waals surface area contributed by atoms with Gasteiger partial charge in [0.25, 0.3) is 0 Å². The summed E-state index contributed by atoms with van der Waals surface area (Å²) in [5, 5.41) is 10.2. The van der Waals surface area contributed by atoms with Gasteiger partial charge in [0.1, 0.15) is 0 Å². The summed E-state index contributed by atoms with van der Waals surface area (Å²) in [5.74, 6) is -0.903. The van der Waals surface area contributed by atoms with Crippen molar-refractivity contribution < 1.29 is 9.90 Å². The molecule has 2 aromatic carbocycles. The minimum absolute atomic E-state index is 0.317. The molecule has 0 aliphatic carbocycles. The third-order valence-corrected chi connectivity index (χ3v) is 3.51. The van der Waals surface area contributed by atoms with Gasteiger partial charge in [0.05, 0.1) is 5.69 Å². The Morgan fingerprint density at radius 3 is 2.43 bits per heavy atom. The number of hydrogen-bond donors (Lipinski definition) is 2. The summed E-state index contributed by atoms with van der Waals surface area (Å²) in [4.78, 5) is 14.5. The van der Waals surface area contributed by atoms with Gasteiger partial charge >= 0.3 is 5.97 Å². The highest BCUT2D eigenvalue weighted by Gasteiger charge is 2.12. The van der Waals surface area contributed by atoms with E-state index in [1.54, 1.807) is 13.0 Å². The lowest BCUT2D eigenvalue weighted by atomic mass is 10.0. The highest BCUT2D eigenvalue weighted by atomic mass is 16.4. The van der Waals surface area contributed by atoms with Gasteiger partial charge in [-0.05, 0) is 24.6 Å². The van der Waals surface area contributed by atoms with Crippen LogP contribution < -0.4 is 0 Å². The van der Waals surface area contributed by atoms with E-state index < -0.39 is 5.97 Å². The minimum atomic E-state index is -0.903. The average molecular weight is 277 g/mol. The summed E-state index contributed by atoms with van der Waals surface area (Å²) in [6.07, 6.45) is 1.73. The maximum absolute atomic E-state index is 11.1. The van der Waals surface area contributed by atoms with E-state index in [2.05, 4.69) is 4.98 Å². The average Bonchev–Trinajstić information content (AvgIpc) is 2.87. The number of para-hydroxylation sites is 1. The Balaban J connectivity index is 2.29. The fraction of sp³-hybridized carbons (Fsp3) is 0.0556. The Bertz CT molecular complexity index is 829. The highest BCUT2D eigenvalue weighted by Crippen LogP contribution is 2.31. The molecule has 21 heavy (non-hydrogen) atoms. The summed E-state index contributed by atoms with van der Waals surface area (Å²) in [5.41, 5.74) is 4.21. The quantitative estimate of drug-likeness (QED) is 0.700. The first-order chi connectivity index (χ1) is 10.2. The Kier molecular flexibility index (Phi) is 3.32. The number of carbonyl (C=O) groups is 1. The molecule has 0 spiro atoms. The second-order valence-corrected chi connectivity index (χ2v) is 4.96. The standard InChI is InChI=1S/C18H15NO2/c1-12(18(20)21)11-15-14-9-5-6-10-16(14)19-17(15)13-7-3-2-4-8-13/h2-11,19H,1H3,(H,20,21)/b12-11+. The van der Waals surface area contributed by atoms with Crippen LogP contribution in [0.15, 0.2) is 60.2 Å². The first-order valence-corrected chi connectivity index (χ1v) is 6.74. The van der Waals surface area contributed by atoms with E-state index in [0.717, 1.165) is 27.7 Å². The van der Waals surface area contributed by atoms with Gasteiger partial charge in [0.2, 0.25) is 0 Å². The van der Waals surface area contributed by atoms with Crippen LogP contribution in [-0.4, -0.2) is 16.1 Å². The van der Waals surface area contributed by atoms with Crippen molar-refractivity contribution in [2.75, 3.05) is 0 Å². The molecule has 0 unspecified atom stereocenters. The Morgan fingerprint density at radius 1 is 1.05 bits per heavy atom. The van der Waals surface area contributed by atoms with Crippen LogP contribution in [0.1, 0.15) is 12.5 Å². The van der Waals surface area contributed by atoms with Gasteiger partial charge in [0, 0.05) is 22.0 Å². The molecule has 0 saturated carbocycles. The number of fused-ring (bicyclic) bond motifs is 1. The van der Waals surface area contributed by atoms with Crippen molar-refractivity contribution in [3.8, 4) is 11.3 Å². The van der Waals surface area contributed by atoms with Gasteiger partial charge in [-0.1, -0.05) is 48.5 Å². The predicted octanol–water partition coefficient (Wildman–Crippen LogP) is 4.32. The van der Waals surface area contributed by atoms with Crippen molar-refractivity contribution in [3.05, 3.63) is 65.7 Å². The summed E-state index contributed by atoms with van der Waals surface area (Å²) in [6, 6.07) is 17.8. The number of carboxylic acid groups (broad SMARTS) is 1. The van der Waals surface area contributed by atoms with Crippen molar-refractivity contribution in [3.63, 3.8) is 0 Å². The molecule has 3 nitrogen and oxygen atoms in total. The normalized spacial score (nSPS) is 11.8. The molecule has 1 heterocycles. The zero-order chi connectivity index (χ0) is 14.8. The number of aromatic amines is 1. The zero-order valence-electron chi connectivity index (χ0n) is 11.6. The fourth-order valence-electron chi connectivity index (χ4n) is 2.42. The summed E-state index contributed by atoms with van der Waals surface area (Å²) in [7, 11) is 0. The number of aromatic nitrogens is 1. The molecular weight excluding hydrogens is 262 g/mol. The molecule has 104 valence electrons. The van der Waals surface area contributed by atoms with E-state index in [1.807, 2.05) is 54.6 Å². The zero-order valence-corrected chi connectivity index (χ0v) is 11.6. The molecule has 3 heteroatoms. The lowest BCUT2D eigenvalue weighted by Gasteiger charge is -2.02. The number of hydrogen-bond acceptors (Lipinski definition) is 1. The van der Waals surface area contributed by atoms with E-state index >= 15 is 0 Å². The number of nitrogens with one attached hydrogen (secondary N) is 1. The van der Waals surface area contributed by atoms with E-state index in [1.165, 1.54) is 0 Å². The molecule has 0 aliphatic heterocycles. The molecular formula is C18H15NO2. The van der Waals surface area contributed by atoms with Gasteiger partial charge in [-0.2, -0.15) is 0 Å². The number of benzene rings is 2. The van der Waals surface area contributed by atoms with Crippen LogP contribution in [0.3, 0.4) is 0 Å². The molecule has 3 aromatic rings. The van der Waals surface area contributed by atoms with Crippen LogP contribution in [0.2, 0.25) is 0 Å². The largest absolute Gasteiger partial charge is 0.478 e. The van der Waals surface area contributed by atoms with Gasteiger partial charge < -0.3 is 10.1 Å². The van der Waals surface area contributed by atoms with Gasteiger partial charge in [-0.25, -0.2) is 4.79 Å². The monoisotopic (exact) mass is 277 g/mol. The van der Waals surface area contributed by atoms with Gasteiger partial charge in [-0.3, -0.25) is 0 Å². The van der Waals surface area contributed by atoms with Crippen molar-refractivity contribution in [2.24, 2.45) is 0 Å². The maximum Gasteiger partial charge on any atom is 0.331 e. The second kappa shape index (κ2) is 5.29. The smallest absolute Gasteiger partial charge is 0.331 e. The second-order valence-electron chi connectivity index (χ2n) is 4.96. The van der Waals surface area contributed by atoms with Crippen molar-refractivity contribution in [2.45, 2.75) is 6.92 Å². The molecule has 1 aromatic heterocycles. The van der Waals surface area contributed by atoms with Crippen molar-refractivity contribution in [1.29, 1.82) is 0 Å². The van der Waals surface area contributed by atoms with Crippen LogP contribution in [0.25, 0.3) is 28.2 Å².